The monoisotopic (exact) mass is 304 g/mol. The maximum absolute atomic E-state index is 11.7. The fraction of sp³-hybridized carbons (Fsp3) is 0.111. The molecule has 0 radical (unpaired) electrons. The molecule has 0 unspecified atom stereocenters. The quantitative estimate of drug-likeness (QED) is 0.597. The third-order valence-electron chi connectivity index (χ3n) is 4.08. The standard InChI is InChI=1S/C18H16N4O/c1-11-4-3-5-13(8-11)17-19-10-15(20-17)12-6-7-16-14(9-12)21-18(23)22(16)2/h3-10H,1-2H3,(H,19,20)(H,21,23). The maximum atomic E-state index is 11.7. The third kappa shape index (κ3) is 2.26. The lowest BCUT2D eigenvalue weighted by molar-refractivity contribution is 0.891. The van der Waals surface area contributed by atoms with E-state index in [0.717, 1.165) is 33.7 Å². The van der Waals surface area contributed by atoms with E-state index in [1.54, 1.807) is 11.6 Å². The van der Waals surface area contributed by atoms with Gasteiger partial charge in [0.25, 0.3) is 0 Å². The second-order valence-electron chi connectivity index (χ2n) is 5.74. The van der Waals surface area contributed by atoms with Crippen LogP contribution in [0.25, 0.3) is 33.7 Å². The lowest BCUT2D eigenvalue weighted by Crippen LogP contribution is -2.11. The smallest absolute Gasteiger partial charge is 0.326 e. The number of fused-ring (bicyclic) bond motifs is 1. The summed E-state index contributed by atoms with van der Waals surface area (Å²) in [4.78, 5) is 22.4. The molecule has 0 aliphatic carbocycles. The van der Waals surface area contributed by atoms with Crippen molar-refractivity contribution >= 4 is 11.0 Å². The molecule has 0 bridgehead atoms. The highest BCUT2D eigenvalue weighted by molar-refractivity contribution is 5.81. The van der Waals surface area contributed by atoms with E-state index in [9.17, 15) is 4.79 Å². The zero-order valence-electron chi connectivity index (χ0n) is 12.9. The van der Waals surface area contributed by atoms with Gasteiger partial charge in [0.1, 0.15) is 5.82 Å². The normalized spacial score (nSPS) is 11.2. The number of aromatic amines is 2. The van der Waals surface area contributed by atoms with E-state index in [1.165, 1.54) is 5.56 Å². The molecule has 0 spiro atoms. The number of benzene rings is 2. The second kappa shape index (κ2) is 4.98. The molecule has 0 atom stereocenters. The van der Waals surface area contributed by atoms with Crippen LogP contribution in [0.3, 0.4) is 0 Å². The summed E-state index contributed by atoms with van der Waals surface area (Å²) in [5.41, 5.74) is 5.77. The van der Waals surface area contributed by atoms with Gasteiger partial charge in [-0.2, -0.15) is 0 Å². The first-order valence-corrected chi connectivity index (χ1v) is 7.43. The Bertz CT molecular complexity index is 1070. The van der Waals surface area contributed by atoms with Crippen molar-refractivity contribution in [2.45, 2.75) is 6.92 Å². The summed E-state index contributed by atoms with van der Waals surface area (Å²) in [7, 11) is 1.76. The highest BCUT2D eigenvalue weighted by Crippen LogP contribution is 2.24. The Morgan fingerprint density at radius 1 is 1.04 bits per heavy atom. The van der Waals surface area contributed by atoms with Gasteiger partial charge in [-0.1, -0.05) is 29.8 Å². The van der Waals surface area contributed by atoms with Gasteiger partial charge in [0.05, 0.1) is 22.9 Å². The Hall–Kier alpha value is -3.08. The lowest BCUT2D eigenvalue weighted by atomic mass is 10.1. The second-order valence-corrected chi connectivity index (χ2v) is 5.74. The number of rotatable bonds is 2. The van der Waals surface area contributed by atoms with Gasteiger partial charge in [0.2, 0.25) is 0 Å². The molecule has 5 nitrogen and oxygen atoms in total. The Morgan fingerprint density at radius 2 is 1.91 bits per heavy atom. The molecule has 0 fully saturated rings. The van der Waals surface area contributed by atoms with Gasteiger partial charge in [0, 0.05) is 18.2 Å². The minimum atomic E-state index is -0.109. The molecular weight excluding hydrogens is 288 g/mol. The Balaban J connectivity index is 1.78. The molecule has 23 heavy (non-hydrogen) atoms. The van der Waals surface area contributed by atoms with Crippen LogP contribution in [0.2, 0.25) is 0 Å². The molecule has 5 heteroatoms. The van der Waals surface area contributed by atoms with Gasteiger partial charge in [-0.15, -0.1) is 0 Å². The van der Waals surface area contributed by atoms with Gasteiger partial charge < -0.3 is 9.97 Å². The molecule has 114 valence electrons. The van der Waals surface area contributed by atoms with Crippen molar-refractivity contribution in [3.05, 3.63) is 64.7 Å². The van der Waals surface area contributed by atoms with Gasteiger partial charge in [-0.25, -0.2) is 9.78 Å². The predicted octanol–water partition coefficient (Wildman–Crippen LogP) is 3.23. The number of aromatic nitrogens is 4. The molecule has 4 aromatic rings. The largest absolute Gasteiger partial charge is 0.338 e. The van der Waals surface area contributed by atoms with Gasteiger partial charge in [-0.05, 0) is 25.1 Å². The molecule has 2 aromatic heterocycles. The van der Waals surface area contributed by atoms with E-state index in [4.69, 9.17) is 0 Å². The van der Waals surface area contributed by atoms with Gasteiger partial charge in [-0.3, -0.25) is 4.57 Å². The fourth-order valence-electron chi connectivity index (χ4n) is 2.81. The average Bonchev–Trinajstić information content (AvgIpc) is 3.13. The summed E-state index contributed by atoms with van der Waals surface area (Å²) in [6.07, 6.45) is 1.82. The molecule has 0 amide bonds. The lowest BCUT2D eigenvalue weighted by Gasteiger charge is -2.00. The van der Waals surface area contributed by atoms with E-state index < -0.39 is 0 Å². The first kappa shape index (κ1) is 13.6. The third-order valence-corrected chi connectivity index (χ3v) is 4.08. The fourth-order valence-corrected chi connectivity index (χ4v) is 2.81. The summed E-state index contributed by atoms with van der Waals surface area (Å²) in [6, 6.07) is 14.1. The van der Waals surface area contributed by atoms with Crippen LogP contribution >= 0.6 is 0 Å². The predicted molar refractivity (Wildman–Crippen MR) is 91.3 cm³/mol. The van der Waals surface area contributed by atoms with Crippen molar-refractivity contribution in [2.24, 2.45) is 7.05 Å². The molecule has 0 aliphatic rings. The van der Waals surface area contributed by atoms with Crippen LogP contribution in [0.15, 0.2) is 53.5 Å². The van der Waals surface area contributed by atoms with Crippen molar-refractivity contribution in [3.8, 4) is 22.6 Å². The van der Waals surface area contributed by atoms with Crippen molar-refractivity contribution in [1.29, 1.82) is 0 Å². The Morgan fingerprint density at radius 3 is 2.74 bits per heavy atom. The summed E-state index contributed by atoms with van der Waals surface area (Å²) in [6.45, 7) is 2.06. The van der Waals surface area contributed by atoms with Crippen molar-refractivity contribution in [2.75, 3.05) is 0 Å². The van der Waals surface area contributed by atoms with Crippen LogP contribution in [-0.2, 0) is 7.05 Å². The van der Waals surface area contributed by atoms with Crippen molar-refractivity contribution < 1.29 is 0 Å². The summed E-state index contributed by atoms with van der Waals surface area (Å²) in [5.74, 6) is 0.838. The molecule has 0 saturated carbocycles. The topological polar surface area (TPSA) is 66.5 Å². The average molecular weight is 304 g/mol. The number of H-pyrrole nitrogens is 2. The number of hydrogen-bond donors (Lipinski definition) is 2. The zero-order chi connectivity index (χ0) is 16.0. The highest BCUT2D eigenvalue weighted by atomic mass is 16.1. The van der Waals surface area contributed by atoms with E-state index in [1.807, 2.05) is 36.5 Å². The van der Waals surface area contributed by atoms with Crippen LogP contribution in [0.4, 0.5) is 0 Å². The van der Waals surface area contributed by atoms with Crippen LogP contribution in [0.5, 0.6) is 0 Å². The first-order valence-electron chi connectivity index (χ1n) is 7.43. The molecule has 0 saturated heterocycles. The minimum absolute atomic E-state index is 0.109. The number of imidazole rings is 2. The summed E-state index contributed by atoms with van der Waals surface area (Å²) >= 11 is 0. The van der Waals surface area contributed by atoms with Crippen molar-refractivity contribution in [3.63, 3.8) is 0 Å². The SMILES string of the molecule is Cc1cccc(-c2ncc(-c3ccc4c(c3)[nH]c(=O)n4C)[nH]2)c1. The number of nitrogens with zero attached hydrogens (tertiary/aromatic N) is 2. The molecule has 0 aliphatic heterocycles. The van der Waals surface area contributed by atoms with E-state index >= 15 is 0 Å². The van der Waals surface area contributed by atoms with Gasteiger partial charge >= 0.3 is 5.69 Å². The Kier molecular flexibility index (Phi) is 2.94. The van der Waals surface area contributed by atoms with Crippen LogP contribution in [0, 0.1) is 6.92 Å². The molecule has 2 heterocycles. The van der Waals surface area contributed by atoms with Crippen LogP contribution < -0.4 is 5.69 Å². The van der Waals surface area contributed by atoms with Crippen LogP contribution in [-0.4, -0.2) is 19.5 Å². The Labute approximate surface area is 132 Å². The van der Waals surface area contributed by atoms with E-state index in [-0.39, 0.29) is 5.69 Å². The van der Waals surface area contributed by atoms with Gasteiger partial charge in [0.15, 0.2) is 0 Å². The molecular formula is C18H16N4O. The number of hydrogen-bond acceptors (Lipinski definition) is 2. The van der Waals surface area contributed by atoms with E-state index in [0.29, 0.717) is 0 Å². The minimum Gasteiger partial charge on any atom is -0.338 e. The number of aryl methyl sites for hydroxylation is 2. The zero-order valence-corrected chi connectivity index (χ0v) is 12.9. The molecule has 2 N–H and O–H groups in total. The summed E-state index contributed by atoms with van der Waals surface area (Å²) < 4.78 is 1.60. The first-order chi connectivity index (χ1) is 11.1. The van der Waals surface area contributed by atoms with Crippen LogP contribution in [0.1, 0.15) is 5.56 Å². The summed E-state index contributed by atoms with van der Waals surface area (Å²) in [5, 5.41) is 0. The highest BCUT2D eigenvalue weighted by Gasteiger charge is 2.08. The molecule has 2 aromatic carbocycles. The van der Waals surface area contributed by atoms with Crippen molar-refractivity contribution in [1.82, 2.24) is 19.5 Å². The number of nitrogens with one attached hydrogen (secondary N) is 2. The maximum Gasteiger partial charge on any atom is 0.326 e. The molecule has 4 rings (SSSR count). The van der Waals surface area contributed by atoms with E-state index in [2.05, 4.69) is 34.0 Å².